The molecule has 0 aromatic carbocycles. The fourth-order valence-electron chi connectivity index (χ4n) is 3.70. The zero-order chi connectivity index (χ0) is 11.7. The van der Waals surface area contributed by atoms with Crippen LogP contribution in [0.15, 0.2) is 0 Å². The van der Waals surface area contributed by atoms with Crippen LogP contribution in [0, 0.1) is 11.8 Å². The molecule has 0 amide bonds. The molecule has 0 aromatic rings. The van der Waals surface area contributed by atoms with Crippen LogP contribution in [0.2, 0.25) is 0 Å². The summed E-state index contributed by atoms with van der Waals surface area (Å²) in [6, 6.07) is 1.88. The first-order chi connectivity index (χ1) is 7.59. The van der Waals surface area contributed by atoms with Crippen LogP contribution in [0.4, 0.5) is 0 Å². The highest BCUT2D eigenvalue weighted by Gasteiger charge is 2.37. The maximum Gasteiger partial charge on any atom is 0.0252 e. The van der Waals surface area contributed by atoms with Crippen molar-refractivity contribution in [2.24, 2.45) is 17.6 Å². The van der Waals surface area contributed by atoms with Crippen molar-refractivity contribution >= 4 is 0 Å². The number of rotatable bonds is 2. The Morgan fingerprint density at radius 2 is 1.94 bits per heavy atom. The maximum absolute atomic E-state index is 6.34. The van der Waals surface area contributed by atoms with Crippen molar-refractivity contribution in [2.75, 3.05) is 6.54 Å². The van der Waals surface area contributed by atoms with Crippen molar-refractivity contribution in [2.45, 2.75) is 71.0 Å². The van der Waals surface area contributed by atoms with Crippen LogP contribution < -0.4 is 5.73 Å². The Kier molecular flexibility index (Phi) is 3.91. The molecule has 2 heteroatoms. The molecule has 0 spiro atoms. The van der Waals surface area contributed by atoms with Crippen molar-refractivity contribution in [3.05, 3.63) is 0 Å². The third kappa shape index (κ3) is 2.43. The van der Waals surface area contributed by atoms with Crippen molar-refractivity contribution in [3.63, 3.8) is 0 Å². The summed E-state index contributed by atoms with van der Waals surface area (Å²) < 4.78 is 0. The van der Waals surface area contributed by atoms with Gasteiger partial charge < -0.3 is 5.73 Å². The average Bonchev–Trinajstić information content (AvgIpc) is 2.70. The van der Waals surface area contributed by atoms with Crippen LogP contribution in [-0.2, 0) is 0 Å². The van der Waals surface area contributed by atoms with Crippen LogP contribution in [0.1, 0.15) is 52.9 Å². The molecule has 0 bridgehead atoms. The molecule has 4 unspecified atom stereocenters. The third-order valence-electron chi connectivity index (χ3n) is 4.67. The Labute approximate surface area is 101 Å². The zero-order valence-electron chi connectivity index (χ0n) is 11.2. The lowest BCUT2D eigenvalue weighted by Gasteiger charge is -2.42. The van der Waals surface area contributed by atoms with E-state index in [0.717, 1.165) is 17.9 Å². The van der Waals surface area contributed by atoms with Gasteiger partial charge in [-0.2, -0.15) is 0 Å². The van der Waals surface area contributed by atoms with Gasteiger partial charge >= 0.3 is 0 Å². The van der Waals surface area contributed by atoms with E-state index in [4.69, 9.17) is 5.73 Å². The first-order valence-electron chi connectivity index (χ1n) is 7.11. The van der Waals surface area contributed by atoms with E-state index in [9.17, 15) is 0 Å². The second-order valence-corrected chi connectivity index (χ2v) is 6.34. The van der Waals surface area contributed by atoms with Crippen molar-refractivity contribution in [1.29, 1.82) is 0 Å². The number of hydrogen-bond acceptors (Lipinski definition) is 2. The van der Waals surface area contributed by atoms with Gasteiger partial charge in [0.05, 0.1) is 0 Å². The second-order valence-electron chi connectivity index (χ2n) is 6.34. The molecule has 0 aromatic heterocycles. The van der Waals surface area contributed by atoms with E-state index in [2.05, 4.69) is 25.7 Å². The molecular formula is C14H28N2. The van der Waals surface area contributed by atoms with E-state index in [0.29, 0.717) is 12.1 Å². The van der Waals surface area contributed by atoms with Gasteiger partial charge in [0.2, 0.25) is 0 Å². The molecule has 1 aliphatic heterocycles. The highest BCUT2D eigenvalue weighted by atomic mass is 15.2. The van der Waals surface area contributed by atoms with Gasteiger partial charge in [0, 0.05) is 18.1 Å². The summed E-state index contributed by atoms with van der Waals surface area (Å²) in [5, 5.41) is 0. The molecule has 1 aliphatic carbocycles. The highest BCUT2D eigenvalue weighted by Crippen LogP contribution is 2.33. The SMILES string of the molecule is CC1CCC(N)C(N2CCCC2C(C)C)C1. The van der Waals surface area contributed by atoms with E-state index in [-0.39, 0.29) is 0 Å². The van der Waals surface area contributed by atoms with Crippen LogP contribution in [-0.4, -0.2) is 29.6 Å². The van der Waals surface area contributed by atoms with Crippen LogP contribution in [0.3, 0.4) is 0 Å². The molecule has 16 heavy (non-hydrogen) atoms. The summed E-state index contributed by atoms with van der Waals surface area (Å²) in [7, 11) is 0. The Balaban J connectivity index is 2.04. The molecule has 0 radical (unpaired) electrons. The molecule has 94 valence electrons. The van der Waals surface area contributed by atoms with Gasteiger partial charge in [-0.25, -0.2) is 0 Å². The molecule has 2 aliphatic rings. The van der Waals surface area contributed by atoms with Gasteiger partial charge in [-0.05, 0) is 50.5 Å². The largest absolute Gasteiger partial charge is 0.326 e. The van der Waals surface area contributed by atoms with Crippen molar-refractivity contribution in [1.82, 2.24) is 4.90 Å². The molecule has 2 fully saturated rings. The quantitative estimate of drug-likeness (QED) is 0.781. The molecule has 1 saturated heterocycles. The monoisotopic (exact) mass is 224 g/mol. The topological polar surface area (TPSA) is 29.3 Å². The fourth-order valence-corrected chi connectivity index (χ4v) is 3.70. The zero-order valence-corrected chi connectivity index (χ0v) is 11.2. The Bertz CT molecular complexity index is 227. The fraction of sp³-hybridized carbons (Fsp3) is 1.00. The number of likely N-dealkylation sites (tertiary alicyclic amines) is 1. The highest BCUT2D eigenvalue weighted by molar-refractivity contribution is 4.94. The minimum absolute atomic E-state index is 0.426. The molecule has 2 N–H and O–H groups in total. The number of hydrogen-bond donors (Lipinski definition) is 1. The predicted molar refractivity (Wildman–Crippen MR) is 69.3 cm³/mol. The van der Waals surface area contributed by atoms with Crippen molar-refractivity contribution in [3.8, 4) is 0 Å². The lowest BCUT2D eigenvalue weighted by atomic mass is 9.82. The Hall–Kier alpha value is -0.0800. The lowest BCUT2D eigenvalue weighted by molar-refractivity contribution is 0.0851. The van der Waals surface area contributed by atoms with Crippen LogP contribution in [0.5, 0.6) is 0 Å². The second kappa shape index (κ2) is 5.05. The lowest BCUT2D eigenvalue weighted by Crippen LogP contribution is -2.53. The average molecular weight is 224 g/mol. The molecule has 4 atom stereocenters. The van der Waals surface area contributed by atoms with Crippen LogP contribution in [0.25, 0.3) is 0 Å². The van der Waals surface area contributed by atoms with Gasteiger partial charge in [0.15, 0.2) is 0 Å². The summed E-state index contributed by atoms with van der Waals surface area (Å²) >= 11 is 0. The van der Waals surface area contributed by atoms with Gasteiger partial charge in [-0.1, -0.05) is 20.8 Å². The smallest absolute Gasteiger partial charge is 0.0252 e. The normalized spacial score (nSPS) is 41.8. The maximum atomic E-state index is 6.34. The third-order valence-corrected chi connectivity index (χ3v) is 4.67. The molecule has 1 heterocycles. The van der Waals surface area contributed by atoms with Crippen molar-refractivity contribution < 1.29 is 0 Å². The summed E-state index contributed by atoms with van der Waals surface area (Å²) in [5.74, 6) is 1.66. The molecular weight excluding hydrogens is 196 g/mol. The molecule has 2 nitrogen and oxygen atoms in total. The first kappa shape index (κ1) is 12.4. The Morgan fingerprint density at radius 3 is 2.62 bits per heavy atom. The predicted octanol–water partition coefficient (Wildman–Crippen LogP) is 2.62. The van der Waals surface area contributed by atoms with E-state index in [1.807, 2.05) is 0 Å². The minimum Gasteiger partial charge on any atom is -0.326 e. The summed E-state index contributed by atoms with van der Waals surface area (Å²) in [6.07, 6.45) is 6.64. The van der Waals surface area contributed by atoms with Gasteiger partial charge in [0.1, 0.15) is 0 Å². The first-order valence-corrected chi connectivity index (χ1v) is 7.11. The van der Waals surface area contributed by atoms with Gasteiger partial charge in [0.25, 0.3) is 0 Å². The van der Waals surface area contributed by atoms with Gasteiger partial charge in [-0.3, -0.25) is 4.90 Å². The molecule has 1 saturated carbocycles. The summed E-state index contributed by atoms with van der Waals surface area (Å²) in [5.41, 5.74) is 6.34. The Morgan fingerprint density at radius 1 is 1.19 bits per heavy atom. The minimum atomic E-state index is 0.426. The van der Waals surface area contributed by atoms with E-state index < -0.39 is 0 Å². The van der Waals surface area contributed by atoms with E-state index in [1.165, 1.54) is 38.6 Å². The molecule has 2 rings (SSSR count). The summed E-state index contributed by atoms with van der Waals surface area (Å²) in [4.78, 5) is 2.74. The van der Waals surface area contributed by atoms with E-state index in [1.54, 1.807) is 0 Å². The number of nitrogens with two attached hydrogens (primary N) is 1. The standard InChI is InChI=1S/C14H28N2/c1-10(2)13-5-4-8-16(13)14-9-11(3)6-7-12(14)15/h10-14H,4-9,15H2,1-3H3. The van der Waals surface area contributed by atoms with Gasteiger partial charge in [-0.15, -0.1) is 0 Å². The van der Waals surface area contributed by atoms with Crippen LogP contribution >= 0.6 is 0 Å². The number of nitrogens with zero attached hydrogens (tertiary/aromatic N) is 1. The van der Waals surface area contributed by atoms with E-state index >= 15 is 0 Å². The summed E-state index contributed by atoms with van der Waals surface area (Å²) in [6.45, 7) is 8.40.